The molecule has 120 valence electrons. The standard InChI is InChI=1S/C18H20N2O2S/c1-23-13-12-16(18(22)19-15-10-6-3-7-11-15)20-17(21)14-8-4-2-5-9-14/h2-11,16H,12-13H2,1H3,(H,19,22)(H,20,21). The second kappa shape index (κ2) is 9.00. The van der Waals surface area contributed by atoms with Gasteiger partial charge in [-0.1, -0.05) is 36.4 Å². The van der Waals surface area contributed by atoms with Gasteiger partial charge in [-0.15, -0.1) is 0 Å². The molecule has 0 aliphatic heterocycles. The van der Waals surface area contributed by atoms with Crippen LogP contribution < -0.4 is 10.6 Å². The van der Waals surface area contributed by atoms with E-state index < -0.39 is 6.04 Å². The molecule has 5 heteroatoms. The van der Waals surface area contributed by atoms with Gasteiger partial charge in [0.25, 0.3) is 5.91 Å². The van der Waals surface area contributed by atoms with E-state index in [9.17, 15) is 9.59 Å². The van der Waals surface area contributed by atoms with Gasteiger partial charge in [0.05, 0.1) is 0 Å². The largest absolute Gasteiger partial charge is 0.340 e. The first-order valence-electron chi connectivity index (χ1n) is 7.41. The molecule has 2 rings (SSSR count). The molecule has 2 N–H and O–H groups in total. The van der Waals surface area contributed by atoms with Crippen molar-refractivity contribution in [2.75, 3.05) is 17.3 Å². The summed E-state index contributed by atoms with van der Waals surface area (Å²) < 4.78 is 0. The van der Waals surface area contributed by atoms with Crippen LogP contribution in [0.15, 0.2) is 60.7 Å². The molecule has 2 aromatic carbocycles. The highest BCUT2D eigenvalue weighted by Crippen LogP contribution is 2.09. The molecular formula is C18H20N2O2S. The number of benzene rings is 2. The minimum atomic E-state index is -0.560. The number of carbonyl (C=O) groups excluding carboxylic acids is 2. The Bertz CT molecular complexity index is 632. The third-order valence-corrected chi connectivity index (χ3v) is 3.95. The Hall–Kier alpha value is -2.27. The summed E-state index contributed by atoms with van der Waals surface area (Å²) in [5, 5.41) is 5.67. The summed E-state index contributed by atoms with van der Waals surface area (Å²) in [6.07, 6.45) is 2.56. The van der Waals surface area contributed by atoms with E-state index in [4.69, 9.17) is 0 Å². The van der Waals surface area contributed by atoms with Crippen LogP contribution in [-0.2, 0) is 4.79 Å². The van der Waals surface area contributed by atoms with Crippen molar-refractivity contribution in [3.05, 3.63) is 66.2 Å². The maximum Gasteiger partial charge on any atom is 0.251 e. The zero-order valence-corrected chi connectivity index (χ0v) is 13.8. The molecule has 23 heavy (non-hydrogen) atoms. The van der Waals surface area contributed by atoms with Crippen LogP contribution in [0.3, 0.4) is 0 Å². The van der Waals surface area contributed by atoms with Crippen LogP contribution in [0.1, 0.15) is 16.8 Å². The third-order valence-electron chi connectivity index (χ3n) is 3.31. The van der Waals surface area contributed by atoms with E-state index in [2.05, 4.69) is 10.6 Å². The summed E-state index contributed by atoms with van der Waals surface area (Å²) in [5.74, 6) is 0.358. The Morgan fingerprint density at radius 3 is 2.22 bits per heavy atom. The average Bonchev–Trinajstić information content (AvgIpc) is 2.60. The summed E-state index contributed by atoms with van der Waals surface area (Å²) in [6, 6.07) is 17.6. The van der Waals surface area contributed by atoms with E-state index in [1.165, 1.54) is 0 Å². The lowest BCUT2D eigenvalue weighted by Crippen LogP contribution is -2.44. The van der Waals surface area contributed by atoms with Gasteiger partial charge in [0, 0.05) is 11.3 Å². The first-order valence-corrected chi connectivity index (χ1v) is 8.81. The fraction of sp³-hybridized carbons (Fsp3) is 0.222. The summed E-state index contributed by atoms with van der Waals surface area (Å²) in [6.45, 7) is 0. The minimum Gasteiger partial charge on any atom is -0.340 e. The fourth-order valence-corrected chi connectivity index (χ4v) is 2.56. The summed E-state index contributed by atoms with van der Waals surface area (Å²) in [5.41, 5.74) is 1.27. The molecule has 1 unspecified atom stereocenters. The molecule has 0 aromatic heterocycles. The van der Waals surface area contributed by atoms with Gasteiger partial charge in [-0.2, -0.15) is 11.8 Å². The van der Waals surface area contributed by atoms with Gasteiger partial charge in [-0.25, -0.2) is 0 Å². The van der Waals surface area contributed by atoms with Gasteiger partial charge in [0.1, 0.15) is 6.04 Å². The van der Waals surface area contributed by atoms with Crippen LogP contribution in [0.2, 0.25) is 0 Å². The second-order valence-corrected chi connectivity index (χ2v) is 6.01. The number of anilines is 1. The molecule has 0 saturated carbocycles. The van der Waals surface area contributed by atoms with Gasteiger partial charge < -0.3 is 10.6 Å². The zero-order valence-electron chi connectivity index (χ0n) is 13.0. The molecule has 2 amide bonds. The summed E-state index contributed by atoms with van der Waals surface area (Å²) in [7, 11) is 0. The number of para-hydroxylation sites is 1. The lowest BCUT2D eigenvalue weighted by molar-refractivity contribution is -0.118. The van der Waals surface area contributed by atoms with Crippen molar-refractivity contribution in [1.82, 2.24) is 5.32 Å². The van der Waals surface area contributed by atoms with Crippen LogP contribution in [0, 0.1) is 0 Å². The Labute approximate surface area is 140 Å². The highest BCUT2D eigenvalue weighted by Gasteiger charge is 2.21. The number of amides is 2. The highest BCUT2D eigenvalue weighted by molar-refractivity contribution is 7.98. The van der Waals surface area contributed by atoms with Gasteiger partial charge in [-0.05, 0) is 42.7 Å². The monoisotopic (exact) mass is 328 g/mol. The van der Waals surface area contributed by atoms with Crippen molar-refractivity contribution < 1.29 is 9.59 Å². The molecular weight excluding hydrogens is 308 g/mol. The van der Waals surface area contributed by atoms with Gasteiger partial charge in [-0.3, -0.25) is 9.59 Å². The Morgan fingerprint density at radius 1 is 1.00 bits per heavy atom. The summed E-state index contributed by atoms with van der Waals surface area (Å²) in [4.78, 5) is 24.7. The molecule has 0 fully saturated rings. The SMILES string of the molecule is CSCCC(NC(=O)c1ccccc1)C(=O)Nc1ccccc1. The number of carbonyl (C=O) groups is 2. The van der Waals surface area contributed by atoms with E-state index in [0.29, 0.717) is 12.0 Å². The average molecular weight is 328 g/mol. The molecule has 1 atom stereocenters. The number of thioether (sulfide) groups is 1. The first-order chi connectivity index (χ1) is 11.2. The molecule has 0 aliphatic rings. The van der Waals surface area contributed by atoms with Crippen molar-refractivity contribution in [3.8, 4) is 0 Å². The summed E-state index contributed by atoms with van der Waals surface area (Å²) >= 11 is 1.65. The van der Waals surface area contributed by atoms with Gasteiger partial charge in [0.2, 0.25) is 5.91 Å². The maximum absolute atomic E-state index is 12.5. The lowest BCUT2D eigenvalue weighted by Gasteiger charge is -2.18. The van der Waals surface area contributed by atoms with Crippen molar-refractivity contribution in [3.63, 3.8) is 0 Å². The second-order valence-electron chi connectivity index (χ2n) is 5.03. The zero-order chi connectivity index (χ0) is 16.5. The van der Waals surface area contributed by atoms with Crippen LogP contribution in [0.4, 0.5) is 5.69 Å². The Kier molecular flexibility index (Phi) is 6.69. The van der Waals surface area contributed by atoms with E-state index in [-0.39, 0.29) is 11.8 Å². The minimum absolute atomic E-state index is 0.200. The molecule has 4 nitrogen and oxygen atoms in total. The third kappa shape index (κ3) is 5.45. The predicted molar refractivity (Wildman–Crippen MR) is 95.8 cm³/mol. The van der Waals surface area contributed by atoms with Crippen LogP contribution in [0.5, 0.6) is 0 Å². The van der Waals surface area contributed by atoms with Crippen molar-refractivity contribution in [1.29, 1.82) is 0 Å². The number of hydrogen-bond acceptors (Lipinski definition) is 3. The maximum atomic E-state index is 12.5. The first kappa shape index (κ1) is 17.1. The topological polar surface area (TPSA) is 58.2 Å². The normalized spacial score (nSPS) is 11.5. The number of nitrogens with one attached hydrogen (secondary N) is 2. The quantitative estimate of drug-likeness (QED) is 0.821. The van der Waals surface area contributed by atoms with Crippen LogP contribution in [-0.4, -0.2) is 29.9 Å². The Morgan fingerprint density at radius 2 is 1.61 bits per heavy atom. The molecule has 0 heterocycles. The fourth-order valence-electron chi connectivity index (χ4n) is 2.09. The smallest absolute Gasteiger partial charge is 0.251 e. The van der Waals surface area contributed by atoms with Crippen LogP contribution >= 0.6 is 11.8 Å². The predicted octanol–water partition coefficient (Wildman–Crippen LogP) is 3.18. The van der Waals surface area contributed by atoms with Gasteiger partial charge in [0.15, 0.2) is 0 Å². The molecule has 0 bridgehead atoms. The van der Waals surface area contributed by atoms with Gasteiger partial charge >= 0.3 is 0 Å². The number of hydrogen-bond donors (Lipinski definition) is 2. The molecule has 2 aromatic rings. The van der Waals surface area contributed by atoms with Crippen LogP contribution in [0.25, 0.3) is 0 Å². The Balaban J connectivity index is 2.04. The lowest BCUT2D eigenvalue weighted by atomic mass is 10.1. The van der Waals surface area contributed by atoms with Crippen molar-refractivity contribution in [2.24, 2.45) is 0 Å². The number of rotatable bonds is 7. The van der Waals surface area contributed by atoms with E-state index in [0.717, 1.165) is 11.4 Å². The van der Waals surface area contributed by atoms with Crippen molar-refractivity contribution in [2.45, 2.75) is 12.5 Å². The molecule has 0 spiro atoms. The van der Waals surface area contributed by atoms with E-state index in [1.54, 1.807) is 36.0 Å². The molecule has 0 aliphatic carbocycles. The van der Waals surface area contributed by atoms with E-state index >= 15 is 0 Å². The van der Waals surface area contributed by atoms with Crippen molar-refractivity contribution >= 4 is 29.3 Å². The highest BCUT2D eigenvalue weighted by atomic mass is 32.2. The van der Waals surface area contributed by atoms with E-state index in [1.807, 2.05) is 42.7 Å². The molecule has 0 radical (unpaired) electrons. The molecule has 0 saturated heterocycles.